The van der Waals surface area contributed by atoms with Gasteiger partial charge < -0.3 is 20.4 Å². The van der Waals surface area contributed by atoms with E-state index < -0.39 is 21.6 Å². The van der Waals surface area contributed by atoms with Gasteiger partial charge in [0.1, 0.15) is 23.0 Å². The Kier molecular flexibility index (Phi) is 8.09. The zero-order valence-electron chi connectivity index (χ0n) is 18.5. The van der Waals surface area contributed by atoms with Crippen LogP contribution < -0.4 is 0 Å². The molecule has 6 nitrogen and oxygen atoms in total. The molecule has 0 saturated carbocycles. The number of phenols is 4. The van der Waals surface area contributed by atoms with Crippen molar-refractivity contribution in [3.05, 3.63) is 96.1 Å². The second kappa shape index (κ2) is 11.0. The molecule has 0 radical (unpaired) electrons. The first-order chi connectivity index (χ1) is 16.2. The Balaban J connectivity index is 0.000000192. The van der Waals surface area contributed by atoms with Gasteiger partial charge in [-0.25, -0.2) is 8.42 Å². The molecule has 4 aromatic carbocycles. The smallest absolute Gasteiger partial charge is 0.118 e. The van der Waals surface area contributed by atoms with E-state index in [1.807, 2.05) is 0 Å². The molecule has 0 amide bonds. The Bertz CT molecular complexity index is 1230. The van der Waals surface area contributed by atoms with E-state index in [0.717, 1.165) is 0 Å². The van der Waals surface area contributed by atoms with Crippen LogP contribution in [0.3, 0.4) is 0 Å². The van der Waals surface area contributed by atoms with Gasteiger partial charge in [0.05, 0.1) is 21.6 Å². The lowest BCUT2D eigenvalue weighted by atomic mass is 10.2. The third-order valence-electron chi connectivity index (χ3n) is 4.87. The summed E-state index contributed by atoms with van der Waals surface area (Å²) in [5, 5.41) is 37.1. The minimum absolute atomic E-state index is 0.145. The molecule has 0 aliphatic rings. The Morgan fingerprint density at radius 2 is 0.765 bits per heavy atom. The van der Waals surface area contributed by atoms with Crippen LogP contribution in [0, 0.1) is 13.8 Å². The van der Waals surface area contributed by atoms with Gasteiger partial charge in [0.25, 0.3) is 0 Å². The molecular formula is C26H24O6S2. The van der Waals surface area contributed by atoms with Gasteiger partial charge in [-0.3, -0.25) is 0 Å². The van der Waals surface area contributed by atoms with E-state index in [1.165, 1.54) is 36.4 Å². The van der Waals surface area contributed by atoms with E-state index in [0.29, 0.717) is 30.7 Å². The Morgan fingerprint density at radius 3 is 1.09 bits per heavy atom. The lowest BCUT2D eigenvalue weighted by Crippen LogP contribution is -1.94. The third-order valence-corrected chi connectivity index (χ3v) is 7.63. The van der Waals surface area contributed by atoms with Crippen LogP contribution in [0.25, 0.3) is 0 Å². The van der Waals surface area contributed by atoms with Crippen LogP contribution >= 0.6 is 0 Å². The van der Waals surface area contributed by atoms with Crippen LogP contribution in [0.15, 0.2) is 105 Å². The van der Waals surface area contributed by atoms with Crippen molar-refractivity contribution < 1.29 is 28.8 Å². The fraction of sp³-hybridized carbons (Fsp3) is 0.0769. The fourth-order valence-electron chi connectivity index (χ4n) is 2.90. The predicted octanol–water partition coefficient (Wildman–Crippen LogP) is 5.15. The molecule has 0 unspecified atom stereocenters. The molecule has 0 aromatic heterocycles. The number of benzene rings is 4. The molecular weight excluding hydrogens is 472 g/mol. The van der Waals surface area contributed by atoms with Crippen molar-refractivity contribution in [2.75, 3.05) is 0 Å². The summed E-state index contributed by atoms with van der Waals surface area (Å²) in [5.74, 6) is 0.674. The average molecular weight is 497 g/mol. The summed E-state index contributed by atoms with van der Waals surface area (Å²) < 4.78 is 24.3. The molecule has 4 N–H and O–H groups in total. The molecule has 0 bridgehead atoms. The molecule has 0 saturated heterocycles. The maximum atomic E-state index is 12.3. The van der Waals surface area contributed by atoms with Gasteiger partial charge in [-0.2, -0.15) is 0 Å². The maximum Gasteiger partial charge on any atom is 0.118 e. The SMILES string of the molecule is Cc1cc(S(=O)c2ccc(O)c(C)c2)ccc1O.O=S(c1ccc(O)cc1)c1ccc(O)cc1. The largest absolute Gasteiger partial charge is 0.508 e. The summed E-state index contributed by atoms with van der Waals surface area (Å²) in [6.45, 7) is 3.52. The highest BCUT2D eigenvalue weighted by Gasteiger charge is 2.10. The van der Waals surface area contributed by atoms with Crippen LogP contribution in [0.1, 0.15) is 11.1 Å². The van der Waals surface area contributed by atoms with E-state index in [9.17, 15) is 18.6 Å². The maximum absolute atomic E-state index is 12.3. The van der Waals surface area contributed by atoms with Gasteiger partial charge in [-0.15, -0.1) is 0 Å². The highest BCUT2D eigenvalue weighted by Crippen LogP contribution is 2.25. The zero-order valence-corrected chi connectivity index (χ0v) is 20.1. The molecule has 0 aliphatic carbocycles. The van der Waals surface area contributed by atoms with E-state index in [1.54, 1.807) is 62.4 Å². The topological polar surface area (TPSA) is 115 Å². The standard InChI is InChI=1S/C14H14O3S.C12H10O3S/c1-9-7-11(3-5-13(9)15)18(17)12-4-6-14(16)10(2)8-12;13-9-1-5-11(6-2-9)16(15)12-7-3-10(14)4-8-12/h3-8,15-16H,1-2H3;1-8,13-14H. The van der Waals surface area contributed by atoms with Gasteiger partial charge >= 0.3 is 0 Å². The van der Waals surface area contributed by atoms with Gasteiger partial charge in [-0.1, -0.05) is 0 Å². The Labute approximate surface area is 202 Å². The minimum Gasteiger partial charge on any atom is -0.508 e. The van der Waals surface area contributed by atoms with Crippen molar-refractivity contribution in [2.45, 2.75) is 33.4 Å². The molecule has 4 rings (SSSR count). The molecule has 176 valence electrons. The summed E-state index contributed by atoms with van der Waals surface area (Å²) in [7, 11) is -2.59. The first kappa shape index (κ1) is 25.0. The van der Waals surface area contributed by atoms with E-state index in [4.69, 9.17) is 10.2 Å². The van der Waals surface area contributed by atoms with Gasteiger partial charge in [0.15, 0.2) is 0 Å². The second-order valence-electron chi connectivity index (χ2n) is 7.42. The van der Waals surface area contributed by atoms with Gasteiger partial charge in [-0.05, 0) is 110 Å². The quantitative estimate of drug-likeness (QED) is 0.311. The minimum atomic E-state index is -1.31. The third kappa shape index (κ3) is 6.24. The van der Waals surface area contributed by atoms with Crippen molar-refractivity contribution >= 4 is 21.6 Å². The number of hydrogen-bond donors (Lipinski definition) is 4. The summed E-state index contributed by atoms with van der Waals surface area (Å²) in [5.41, 5.74) is 1.38. The van der Waals surface area contributed by atoms with Gasteiger partial charge in [0, 0.05) is 19.6 Å². The monoisotopic (exact) mass is 496 g/mol. The van der Waals surface area contributed by atoms with E-state index in [-0.39, 0.29) is 23.0 Å². The van der Waals surface area contributed by atoms with Crippen LogP contribution in [-0.2, 0) is 21.6 Å². The normalized spacial score (nSPS) is 10.7. The molecule has 4 aromatic rings. The van der Waals surface area contributed by atoms with Crippen LogP contribution in [-0.4, -0.2) is 28.8 Å². The Morgan fingerprint density at radius 1 is 0.471 bits per heavy atom. The molecule has 0 fully saturated rings. The summed E-state index contributed by atoms with van der Waals surface area (Å²) >= 11 is 0. The van der Waals surface area contributed by atoms with E-state index >= 15 is 0 Å². The molecule has 8 heteroatoms. The number of aryl methyl sites for hydroxylation is 2. The second-order valence-corrected chi connectivity index (χ2v) is 10.4. The van der Waals surface area contributed by atoms with Gasteiger partial charge in [0.2, 0.25) is 0 Å². The molecule has 0 atom stereocenters. The average Bonchev–Trinajstić information content (AvgIpc) is 2.83. The highest BCUT2D eigenvalue weighted by molar-refractivity contribution is 7.85. The van der Waals surface area contributed by atoms with Crippen molar-refractivity contribution in [2.24, 2.45) is 0 Å². The van der Waals surface area contributed by atoms with Crippen LogP contribution in [0.4, 0.5) is 0 Å². The van der Waals surface area contributed by atoms with Crippen LogP contribution in [0.5, 0.6) is 23.0 Å². The fourth-order valence-corrected chi connectivity index (χ4v) is 5.16. The first-order valence-corrected chi connectivity index (χ1v) is 12.5. The first-order valence-electron chi connectivity index (χ1n) is 10.2. The van der Waals surface area contributed by atoms with Crippen molar-refractivity contribution in [3.63, 3.8) is 0 Å². The summed E-state index contributed by atoms with van der Waals surface area (Å²) in [4.78, 5) is 2.50. The zero-order chi connectivity index (χ0) is 24.8. The number of aromatic hydroxyl groups is 4. The lowest BCUT2D eigenvalue weighted by molar-refractivity contribution is 0.470. The van der Waals surface area contributed by atoms with Crippen molar-refractivity contribution in [1.29, 1.82) is 0 Å². The van der Waals surface area contributed by atoms with Crippen molar-refractivity contribution in [1.82, 2.24) is 0 Å². The van der Waals surface area contributed by atoms with E-state index in [2.05, 4.69) is 0 Å². The Hall–Kier alpha value is -3.62. The van der Waals surface area contributed by atoms with Crippen molar-refractivity contribution in [3.8, 4) is 23.0 Å². The molecule has 0 aliphatic heterocycles. The molecule has 0 heterocycles. The highest BCUT2D eigenvalue weighted by atomic mass is 32.2. The lowest BCUT2D eigenvalue weighted by Gasteiger charge is -2.06. The predicted molar refractivity (Wildman–Crippen MR) is 131 cm³/mol. The number of hydrogen-bond acceptors (Lipinski definition) is 6. The van der Waals surface area contributed by atoms with Crippen LogP contribution in [0.2, 0.25) is 0 Å². The summed E-state index contributed by atoms with van der Waals surface area (Å²) in [6, 6.07) is 22.2. The number of rotatable bonds is 4. The summed E-state index contributed by atoms with van der Waals surface area (Å²) in [6.07, 6.45) is 0. The molecule has 34 heavy (non-hydrogen) atoms. The number of phenolic OH excluding ortho intramolecular Hbond substituents is 4. The molecule has 0 spiro atoms.